The molecule has 116 valence electrons. The number of aliphatic hydroxyl groups excluding tert-OH is 1. The summed E-state index contributed by atoms with van der Waals surface area (Å²) in [5.74, 6) is 0.532. The monoisotopic (exact) mass is 302 g/mol. The molecule has 0 heterocycles. The summed E-state index contributed by atoms with van der Waals surface area (Å²) in [6, 6.07) is 4.02. The predicted octanol–water partition coefficient (Wildman–Crippen LogP) is 2.45. The van der Waals surface area contributed by atoms with Gasteiger partial charge in [0.15, 0.2) is 0 Å². The first-order valence-electron chi connectivity index (χ1n) is 6.73. The average Bonchev–Trinajstić information content (AvgIpc) is 3.26. The number of rotatable bonds is 5. The van der Waals surface area contributed by atoms with E-state index in [2.05, 4.69) is 10.6 Å². The second kappa shape index (κ2) is 6.34. The Kier molecular flexibility index (Phi) is 4.72. The molecule has 3 N–H and O–H groups in total. The van der Waals surface area contributed by atoms with Crippen LogP contribution in [0.1, 0.15) is 30.1 Å². The second-order valence-corrected chi connectivity index (χ2v) is 5.17. The Labute approximate surface area is 120 Å². The van der Waals surface area contributed by atoms with Crippen LogP contribution < -0.4 is 10.6 Å². The van der Waals surface area contributed by atoms with Crippen molar-refractivity contribution >= 4 is 6.03 Å². The van der Waals surface area contributed by atoms with Gasteiger partial charge in [0.05, 0.1) is 11.7 Å². The number of nitrogens with one attached hydrogen (secondary N) is 2. The molecular weight excluding hydrogens is 285 g/mol. The van der Waals surface area contributed by atoms with E-state index in [0.29, 0.717) is 12.5 Å². The lowest BCUT2D eigenvalue weighted by Crippen LogP contribution is -2.38. The number of urea groups is 1. The molecule has 21 heavy (non-hydrogen) atoms. The van der Waals surface area contributed by atoms with Crippen LogP contribution in [-0.2, 0) is 6.18 Å². The lowest BCUT2D eigenvalue weighted by Gasteiger charge is -2.15. The molecule has 2 amide bonds. The summed E-state index contributed by atoms with van der Waals surface area (Å²) in [7, 11) is 0. The SMILES string of the molecule is O=C(NCC1CC1)NC[C@H](O)c1cccc(C(F)(F)F)c1. The molecular formula is C14H17F3N2O2. The molecule has 0 aliphatic heterocycles. The van der Waals surface area contributed by atoms with E-state index in [1.165, 1.54) is 12.1 Å². The first-order valence-corrected chi connectivity index (χ1v) is 6.73. The summed E-state index contributed by atoms with van der Waals surface area (Å²) in [6.07, 6.45) is -3.43. The van der Waals surface area contributed by atoms with Crippen molar-refractivity contribution in [2.45, 2.75) is 25.1 Å². The molecule has 2 rings (SSSR count). The summed E-state index contributed by atoms with van der Waals surface area (Å²) in [6.45, 7) is 0.448. The number of carbonyl (C=O) groups is 1. The number of aliphatic hydroxyl groups is 1. The second-order valence-electron chi connectivity index (χ2n) is 5.17. The molecule has 1 saturated carbocycles. The van der Waals surface area contributed by atoms with Gasteiger partial charge in [0.25, 0.3) is 0 Å². The van der Waals surface area contributed by atoms with Crippen LogP contribution >= 0.6 is 0 Å². The summed E-state index contributed by atoms with van der Waals surface area (Å²) in [5.41, 5.74) is -0.704. The zero-order valence-corrected chi connectivity index (χ0v) is 11.3. The van der Waals surface area contributed by atoms with Crippen LogP contribution in [0.4, 0.5) is 18.0 Å². The van der Waals surface area contributed by atoms with Gasteiger partial charge in [-0.25, -0.2) is 4.79 Å². The van der Waals surface area contributed by atoms with E-state index < -0.39 is 23.9 Å². The van der Waals surface area contributed by atoms with Crippen LogP contribution in [0.2, 0.25) is 0 Å². The number of benzene rings is 1. The smallest absolute Gasteiger partial charge is 0.387 e. The molecule has 4 nitrogen and oxygen atoms in total. The zero-order valence-electron chi connectivity index (χ0n) is 11.3. The van der Waals surface area contributed by atoms with Crippen molar-refractivity contribution in [1.82, 2.24) is 10.6 Å². The van der Waals surface area contributed by atoms with Gasteiger partial charge >= 0.3 is 12.2 Å². The van der Waals surface area contributed by atoms with Crippen molar-refractivity contribution in [3.05, 3.63) is 35.4 Å². The molecule has 0 saturated heterocycles. The van der Waals surface area contributed by atoms with Gasteiger partial charge in [0.2, 0.25) is 0 Å². The van der Waals surface area contributed by atoms with Crippen molar-refractivity contribution in [3.8, 4) is 0 Å². The Hall–Kier alpha value is -1.76. The van der Waals surface area contributed by atoms with Gasteiger partial charge in [-0.15, -0.1) is 0 Å². The van der Waals surface area contributed by atoms with E-state index in [9.17, 15) is 23.1 Å². The molecule has 1 atom stereocenters. The minimum Gasteiger partial charge on any atom is -0.387 e. The first kappa shape index (κ1) is 15.6. The van der Waals surface area contributed by atoms with Crippen LogP contribution in [-0.4, -0.2) is 24.2 Å². The summed E-state index contributed by atoms with van der Waals surface area (Å²) in [5, 5.41) is 14.9. The Morgan fingerprint density at radius 3 is 2.67 bits per heavy atom. The standard InChI is InChI=1S/C14H17F3N2O2/c15-14(16,17)11-3-1-2-10(6-11)12(20)8-19-13(21)18-7-9-4-5-9/h1-3,6,9,12,20H,4-5,7-8H2,(H2,18,19,21)/t12-/m0/s1. The van der Waals surface area contributed by atoms with Gasteiger partial charge in [-0.1, -0.05) is 12.1 Å². The third-order valence-electron chi connectivity index (χ3n) is 3.30. The zero-order chi connectivity index (χ0) is 15.5. The summed E-state index contributed by atoms with van der Waals surface area (Å²) >= 11 is 0. The van der Waals surface area contributed by atoms with Crippen LogP contribution in [0.5, 0.6) is 0 Å². The van der Waals surface area contributed by atoms with Gasteiger partial charge < -0.3 is 15.7 Å². The fraction of sp³-hybridized carbons (Fsp3) is 0.500. The Morgan fingerprint density at radius 1 is 1.33 bits per heavy atom. The van der Waals surface area contributed by atoms with Crippen molar-refractivity contribution in [2.75, 3.05) is 13.1 Å². The highest BCUT2D eigenvalue weighted by Gasteiger charge is 2.30. The maximum Gasteiger partial charge on any atom is 0.416 e. The minimum atomic E-state index is -4.45. The van der Waals surface area contributed by atoms with Crippen LogP contribution in [0.25, 0.3) is 0 Å². The summed E-state index contributed by atoms with van der Waals surface area (Å²) < 4.78 is 37.7. The molecule has 0 spiro atoms. The van der Waals surface area contributed by atoms with Crippen molar-refractivity contribution in [3.63, 3.8) is 0 Å². The third kappa shape index (κ3) is 4.93. The number of carbonyl (C=O) groups excluding carboxylic acids is 1. The normalized spacial score (nSPS) is 16.4. The van der Waals surface area contributed by atoms with Crippen molar-refractivity contribution < 1.29 is 23.1 Å². The number of alkyl halides is 3. The molecule has 1 aromatic carbocycles. The lowest BCUT2D eigenvalue weighted by atomic mass is 10.1. The highest BCUT2D eigenvalue weighted by molar-refractivity contribution is 5.73. The van der Waals surface area contributed by atoms with Crippen LogP contribution in [0, 0.1) is 5.92 Å². The predicted molar refractivity (Wildman–Crippen MR) is 70.5 cm³/mol. The van der Waals surface area contributed by atoms with E-state index in [-0.39, 0.29) is 12.1 Å². The molecule has 0 bridgehead atoms. The Bertz CT molecular complexity index is 501. The topological polar surface area (TPSA) is 61.4 Å². The van der Waals surface area contributed by atoms with E-state index in [1.54, 1.807) is 0 Å². The first-order chi connectivity index (χ1) is 9.86. The largest absolute Gasteiger partial charge is 0.416 e. The Balaban J connectivity index is 1.84. The van der Waals surface area contributed by atoms with Crippen LogP contribution in [0.15, 0.2) is 24.3 Å². The maximum absolute atomic E-state index is 12.6. The van der Waals surface area contributed by atoms with Gasteiger partial charge in [-0.2, -0.15) is 13.2 Å². The van der Waals surface area contributed by atoms with Gasteiger partial charge in [0, 0.05) is 13.1 Å². The van der Waals surface area contributed by atoms with E-state index >= 15 is 0 Å². The van der Waals surface area contributed by atoms with Crippen molar-refractivity contribution in [2.24, 2.45) is 5.92 Å². The highest BCUT2D eigenvalue weighted by Crippen LogP contribution is 2.30. The quantitative estimate of drug-likeness (QED) is 0.782. The molecule has 1 aromatic rings. The number of halogens is 3. The number of amides is 2. The molecule has 0 unspecified atom stereocenters. The van der Waals surface area contributed by atoms with Gasteiger partial charge in [0.1, 0.15) is 0 Å². The Morgan fingerprint density at radius 2 is 2.05 bits per heavy atom. The molecule has 0 radical (unpaired) electrons. The van der Waals surface area contributed by atoms with Gasteiger partial charge in [-0.05, 0) is 36.5 Å². The van der Waals surface area contributed by atoms with E-state index in [1.807, 2.05) is 0 Å². The number of hydrogen-bond acceptors (Lipinski definition) is 2. The van der Waals surface area contributed by atoms with Gasteiger partial charge in [-0.3, -0.25) is 0 Å². The fourth-order valence-corrected chi connectivity index (χ4v) is 1.85. The third-order valence-corrected chi connectivity index (χ3v) is 3.30. The lowest BCUT2D eigenvalue weighted by molar-refractivity contribution is -0.137. The molecule has 1 fully saturated rings. The minimum absolute atomic E-state index is 0.118. The van der Waals surface area contributed by atoms with E-state index in [0.717, 1.165) is 25.0 Å². The average molecular weight is 302 g/mol. The molecule has 1 aliphatic rings. The molecule has 1 aliphatic carbocycles. The highest BCUT2D eigenvalue weighted by atomic mass is 19.4. The summed E-state index contributed by atoms with van der Waals surface area (Å²) in [4.78, 5) is 11.4. The van der Waals surface area contributed by atoms with Crippen LogP contribution in [0.3, 0.4) is 0 Å². The number of hydrogen-bond donors (Lipinski definition) is 3. The van der Waals surface area contributed by atoms with E-state index in [4.69, 9.17) is 0 Å². The fourth-order valence-electron chi connectivity index (χ4n) is 1.85. The maximum atomic E-state index is 12.6. The molecule has 0 aromatic heterocycles. The van der Waals surface area contributed by atoms with Crippen molar-refractivity contribution in [1.29, 1.82) is 0 Å². The molecule has 7 heteroatoms.